The van der Waals surface area contributed by atoms with Crippen LogP contribution in [0.4, 0.5) is 11.6 Å². The quantitative estimate of drug-likeness (QED) is 0.886. The molecule has 0 fully saturated rings. The number of nitrogen functional groups attached to an aromatic ring is 1. The van der Waals surface area contributed by atoms with Crippen LogP contribution in [-0.2, 0) is 6.54 Å². The van der Waals surface area contributed by atoms with Crippen molar-refractivity contribution in [1.29, 1.82) is 0 Å². The summed E-state index contributed by atoms with van der Waals surface area (Å²) >= 11 is 0. The largest absolute Gasteiger partial charge is 0.496 e. The topological polar surface area (TPSA) is 64.3 Å². The second-order valence-electron chi connectivity index (χ2n) is 3.97. The summed E-state index contributed by atoms with van der Waals surface area (Å²) in [7, 11) is 3.61. The van der Waals surface area contributed by atoms with Crippen molar-refractivity contribution in [3.63, 3.8) is 0 Å². The minimum atomic E-state index is 0.416. The Morgan fingerprint density at radius 3 is 2.78 bits per heavy atom. The molecule has 0 unspecified atom stereocenters. The predicted molar refractivity (Wildman–Crippen MR) is 71.5 cm³/mol. The van der Waals surface area contributed by atoms with E-state index in [4.69, 9.17) is 10.5 Å². The van der Waals surface area contributed by atoms with Gasteiger partial charge >= 0.3 is 0 Å². The van der Waals surface area contributed by atoms with Crippen LogP contribution in [0.1, 0.15) is 5.56 Å². The Morgan fingerprint density at radius 1 is 1.28 bits per heavy atom. The number of hydrogen-bond acceptors (Lipinski definition) is 5. The van der Waals surface area contributed by atoms with Gasteiger partial charge in [0.2, 0.25) is 0 Å². The number of methoxy groups -OCH3 is 1. The standard InChI is InChI=1S/C13H16N4O/c1-17(13-8-15-7-12(14)16-13)9-10-5-3-4-6-11(10)18-2/h3-8H,9H2,1-2H3,(H2,14,16). The molecule has 0 atom stereocenters. The molecular formula is C13H16N4O. The lowest BCUT2D eigenvalue weighted by Gasteiger charge is -2.19. The van der Waals surface area contributed by atoms with Gasteiger partial charge in [0.25, 0.3) is 0 Å². The van der Waals surface area contributed by atoms with Crippen molar-refractivity contribution in [2.24, 2.45) is 0 Å². The highest BCUT2D eigenvalue weighted by molar-refractivity contribution is 5.43. The number of aromatic nitrogens is 2. The summed E-state index contributed by atoms with van der Waals surface area (Å²) in [5, 5.41) is 0. The molecule has 0 aliphatic rings. The van der Waals surface area contributed by atoms with Crippen LogP contribution in [0.15, 0.2) is 36.7 Å². The zero-order chi connectivity index (χ0) is 13.0. The molecule has 5 heteroatoms. The third-order valence-electron chi connectivity index (χ3n) is 2.63. The van der Waals surface area contributed by atoms with E-state index in [0.29, 0.717) is 12.4 Å². The van der Waals surface area contributed by atoms with Crippen molar-refractivity contribution < 1.29 is 4.74 Å². The highest BCUT2D eigenvalue weighted by Crippen LogP contribution is 2.20. The van der Waals surface area contributed by atoms with Crippen molar-refractivity contribution in [2.75, 3.05) is 24.8 Å². The Bertz CT molecular complexity index is 530. The van der Waals surface area contributed by atoms with Crippen molar-refractivity contribution in [2.45, 2.75) is 6.54 Å². The van der Waals surface area contributed by atoms with Gasteiger partial charge in [0, 0.05) is 19.2 Å². The molecule has 94 valence electrons. The van der Waals surface area contributed by atoms with Gasteiger partial charge in [-0.15, -0.1) is 0 Å². The van der Waals surface area contributed by atoms with Crippen LogP contribution < -0.4 is 15.4 Å². The minimum absolute atomic E-state index is 0.416. The van der Waals surface area contributed by atoms with E-state index in [0.717, 1.165) is 17.1 Å². The molecule has 0 aliphatic carbocycles. The van der Waals surface area contributed by atoms with E-state index < -0.39 is 0 Å². The van der Waals surface area contributed by atoms with Crippen molar-refractivity contribution in [1.82, 2.24) is 9.97 Å². The summed E-state index contributed by atoms with van der Waals surface area (Å²) in [4.78, 5) is 10.2. The molecule has 0 saturated heterocycles. The van der Waals surface area contributed by atoms with Gasteiger partial charge in [-0.3, -0.25) is 4.98 Å². The molecule has 0 radical (unpaired) electrons. The average Bonchev–Trinajstić information content (AvgIpc) is 2.39. The molecule has 1 aromatic carbocycles. The summed E-state index contributed by atoms with van der Waals surface area (Å²) in [5.41, 5.74) is 6.71. The average molecular weight is 244 g/mol. The molecule has 2 rings (SSSR count). The summed E-state index contributed by atoms with van der Waals surface area (Å²) in [6, 6.07) is 7.89. The minimum Gasteiger partial charge on any atom is -0.496 e. The molecule has 0 saturated carbocycles. The van der Waals surface area contributed by atoms with Crippen LogP contribution in [0, 0.1) is 0 Å². The van der Waals surface area contributed by atoms with Crippen LogP contribution in [0.3, 0.4) is 0 Å². The smallest absolute Gasteiger partial charge is 0.149 e. The van der Waals surface area contributed by atoms with Crippen LogP contribution >= 0.6 is 0 Å². The lowest BCUT2D eigenvalue weighted by Crippen LogP contribution is -2.18. The molecular weight excluding hydrogens is 228 g/mol. The molecule has 0 spiro atoms. The van der Waals surface area contributed by atoms with E-state index in [1.165, 1.54) is 6.20 Å². The molecule has 0 aliphatic heterocycles. The molecule has 2 N–H and O–H groups in total. The molecule has 1 heterocycles. The predicted octanol–water partition coefficient (Wildman–Crippen LogP) is 1.70. The maximum atomic E-state index is 5.62. The van der Waals surface area contributed by atoms with Crippen LogP contribution in [0.2, 0.25) is 0 Å². The Labute approximate surface area is 106 Å². The summed E-state index contributed by atoms with van der Waals surface area (Å²) < 4.78 is 5.32. The van der Waals surface area contributed by atoms with Gasteiger partial charge in [-0.25, -0.2) is 4.98 Å². The Hall–Kier alpha value is -2.30. The number of benzene rings is 1. The van der Waals surface area contributed by atoms with E-state index in [1.807, 2.05) is 36.2 Å². The zero-order valence-electron chi connectivity index (χ0n) is 10.5. The lowest BCUT2D eigenvalue weighted by molar-refractivity contribution is 0.409. The highest BCUT2D eigenvalue weighted by atomic mass is 16.5. The third-order valence-corrected chi connectivity index (χ3v) is 2.63. The maximum absolute atomic E-state index is 5.62. The Morgan fingerprint density at radius 2 is 2.06 bits per heavy atom. The Kier molecular flexibility index (Phi) is 3.62. The molecule has 0 amide bonds. The van der Waals surface area contributed by atoms with Crippen molar-refractivity contribution in [3.05, 3.63) is 42.2 Å². The van der Waals surface area contributed by atoms with E-state index >= 15 is 0 Å². The molecule has 18 heavy (non-hydrogen) atoms. The molecule has 0 bridgehead atoms. The number of nitrogens with two attached hydrogens (primary N) is 1. The highest BCUT2D eigenvalue weighted by Gasteiger charge is 2.08. The van der Waals surface area contributed by atoms with Gasteiger partial charge in [-0.1, -0.05) is 18.2 Å². The second-order valence-corrected chi connectivity index (χ2v) is 3.97. The fourth-order valence-electron chi connectivity index (χ4n) is 1.72. The van der Waals surface area contributed by atoms with Gasteiger partial charge in [0.15, 0.2) is 0 Å². The van der Waals surface area contributed by atoms with Crippen LogP contribution in [0.25, 0.3) is 0 Å². The van der Waals surface area contributed by atoms with Gasteiger partial charge in [-0.05, 0) is 6.07 Å². The number of anilines is 2. The first-order valence-corrected chi connectivity index (χ1v) is 5.61. The fraction of sp³-hybridized carbons (Fsp3) is 0.231. The molecule has 5 nitrogen and oxygen atoms in total. The molecule has 1 aromatic heterocycles. The lowest BCUT2D eigenvalue weighted by atomic mass is 10.2. The monoisotopic (exact) mass is 244 g/mol. The number of nitrogens with zero attached hydrogens (tertiary/aromatic N) is 3. The first kappa shape index (κ1) is 12.2. The van der Waals surface area contributed by atoms with E-state index in [2.05, 4.69) is 9.97 Å². The van der Waals surface area contributed by atoms with E-state index in [-0.39, 0.29) is 0 Å². The van der Waals surface area contributed by atoms with Gasteiger partial charge in [-0.2, -0.15) is 0 Å². The van der Waals surface area contributed by atoms with Crippen LogP contribution in [-0.4, -0.2) is 24.1 Å². The molecule has 2 aromatic rings. The first-order chi connectivity index (χ1) is 8.70. The van der Waals surface area contributed by atoms with Gasteiger partial charge in [0.05, 0.1) is 19.5 Å². The second kappa shape index (κ2) is 5.35. The maximum Gasteiger partial charge on any atom is 0.149 e. The Balaban J connectivity index is 2.18. The zero-order valence-corrected chi connectivity index (χ0v) is 10.5. The summed E-state index contributed by atoms with van der Waals surface area (Å²) in [6.45, 7) is 0.683. The van der Waals surface area contributed by atoms with Crippen molar-refractivity contribution >= 4 is 11.6 Å². The third kappa shape index (κ3) is 2.68. The fourth-order valence-corrected chi connectivity index (χ4v) is 1.72. The summed E-state index contributed by atoms with van der Waals surface area (Å²) in [5.74, 6) is 2.02. The van der Waals surface area contributed by atoms with Crippen LogP contribution in [0.5, 0.6) is 5.75 Å². The first-order valence-electron chi connectivity index (χ1n) is 5.61. The van der Waals surface area contributed by atoms with E-state index in [9.17, 15) is 0 Å². The number of hydrogen-bond donors (Lipinski definition) is 1. The van der Waals surface area contributed by atoms with Gasteiger partial charge < -0.3 is 15.4 Å². The summed E-state index contributed by atoms with van der Waals surface area (Å²) in [6.07, 6.45) is 3.21. The normalized spacial score (nSPS) is 10.1. The SMILES string of the molecule is COc1ccccc1CN(C)c1cncc(N)n1. The number of para-hydroxylation sites is 1. The van der Waals surface area contributed by atoms with E-state index in [1.54, 1.807) is 13.3 Å². The number of ether oxygens (including phenoxy) is 1. The number of rotatable bonds is 4. The van der Waals surface area contributed by atoms with Gasteiger partial charge in [0.1, 0.15) is 17.4 Å². The van der Waals surface area contributed by atoms with Crippen molar-refractivity contribution in [3.8, 4) is 5.75 Å².